The van der Waals surface area contributed by atoms with Gasteiger partial charge in [-0.15, -0.1) is 11.8 Å². The van der Waals surface area contributed by atoms with Crippen molar-refractivity contribution in [3.63, 3.8) is 0 Å². The van der Waals surface area contributed by atoms with E-state index in [1.165, 1.54) is 11.8 Å². The topological polar surface area (TPSA) is 17.1 Å². The predicted molar refractivity (Wildman–Crippen MR) is 33.3 cm³/mol. The van der Waals surface area contributed by atoms with E-state index in [0.29, 0.717) is 5.75 Å². The summed E-state index contributed by atoms with van der Waals surface area (Å²) in [5.41, 5.74) is 0. The first-order valence-corrected chi connectivity index (χ1v) is 3.13. The fraction of sp³-hybridized carbons (Fsp3) is 0.400. The summed E-state index contributed by atoms with van der Waals surface area (Å²) >= 11 is 1.50. The van der Waals surface area contributed by atoms with Crippen LogP contribution in [0.15, 0.2) is 11.5 Å². The minimum Gasteiger partial charge on any atom is -0.302 e. The van der Waals surface area contributed by atoms with Crippen molar-refractivity contribution in [3.05, 3.63) is 11.5 Å². The van der Waals surface area contributed by atoms with E-state index in [4.69, 9.17) is 0 Å². The van der Waals surface area contributed by atoms with Gasteiger partial charge in [0.1, 0.15) is 6.29 Å². The van der Waals surface area contributed by atoms with E-state index >= 15 is 0 Å². The third-order valence-corrected chi connectivity index (χ3v) is 1.19. The summed E-state index contributed by atoms with van der Waals surface area (Å²) in [6.45, 7) is 1.93. The summed E-state index contributed by atoms with van der Waals surface area (Å²) in [6, 6.07) is 0. The Kier molecular flexibility index (Phi) is 5.56. The highest BCUT2D eigenvalue weighted by Gasteiger charge is 1.72. The maximum Gasteiger partial charge on any atom is 0.130 e. The maximum atomic E-state index is 9.62. The Balaban J connectivity index is 2.82. The third-order valence-electron chi connectivity index (χ3n) is 0.397. The van der Waals surface area contributed by atoms with Gasteiger partial charge in [0.2, 0.25) is 0 Å². The molecule has 40 valence electrons. The number of carbonyl (C=O) groups is 1. The number of rotatable bonds is 3. The summed E-state index contributed by atoms with van der Waals surface area (Å²) < 4.78 is 0. The molecule has 0 unspecified atom stereocenters. The second-order valence-electron chi connectivity index (χ2n) is 0.969. The normalized spacial score (nSPS) is 9.86. The summed E-state index contributed by atoms with van der Waals surface area (Å²) in [7, 11) is 0. The smallest absolute Gasteiger partial charge is 0.130 e. The molecule has 0 fully saturated rings. The molecule has 0 saturated heterocycles. The Morgan fingerprint density at radius 2 is 2.43 bits per heavy atom. The van der Waals surface area contributed by atoms with Gasteiger partial charge in [-0.2, -0.15) is 0 Å². The Hall–Kier alpha value is -0.240. The Morgan fingerprint density at radius 3 is 2.86 bits per heavy atom. The number of allylic oxidation sites excluding steroid dienone is 1. The summed E-state index contributed by atoms with van der Waals surface area (Å²) in [6.07, 6.45) is 2.80. The molecule has 7 heavy (non-hydrogen) atoms. The van der Waals surface area contributed by atoms with Gasteiger partial charge in [0.05, 0.1) is 5.75 Å². The average molecular weight is 116 g/mol. The lowest BCUT2D eigenvalue weighted by molar-refractivity contribution is -0.105. The molecule has 0 rings (SSSR count). The molecular weight excluding hydrogens is 108 g/mol. The first-order valence-electron chi connectivity index (χ1n) is 2.08. The van der Waals surface area contributed by atoms with E-state index < -0.39 is 0 Å². The first kappa shape index (κ1) is 6.76. The van der Waals surface area contributed by atoms with Crippen LogP contribution in [0.25, 0.3) is 0 Å². The number of aldehydes is 1. The van der Waals surface area contributed by atoms with Gasteiger partial charge in [0.25, 0.3) is 0 Å². The second-order valence-corrected chi connectivity index (χ2v) is 1.91. The SMILES string of the molecule is C/C=C/SCC=O. The molecule has 0 amide bonds. The molecule has 0 aromatic carbocycles. The van der Waals surface area contributed by atoms with E-state index in [0.717, 1.165) is 6.29 Å². The molecule has 0 N–H and O–H groups in total. The first-order chi connectivity index (χ1) is 3.41. The van der Waals surface area contributed by atoms with Crippen molar-refractivity contribution in [1.82, 2.24) is 0 Å². The lowest BCUT2D eigenvalue weighted by Crippen LogP contribution is -1.70. The predicted octanol–water partition coefficient (Wildman–Crippen LogP) is 1.45. The van der Waals surface area contributed by atoms with Crippen LogP contribution in [-0.2, 0) is 4.79 Å². The quantitative estimate of drug-likeness (QED) is 0.410. The second kappa shape index (κ2) is 5.76. The average Bonchev–Trinajstić information content (AvgIpc) is 1.69. The van der Waals surface area contributed by atoms with E-state index in [1.54, 1.807) is 0 Å². The van der Waals surface area contributed by atoms with E-state index in [1.807, 2.05) is 18.4 Å². The number of hydrogen-bond acceptors (Lipinski definition) is 2. The lowest BCUT2D eigenvalue weighted by Gasteiger charge is -1.76. The van der Waals surface area contributed by atoms with E-state index in [9.17, 15) is 4.79 Å². The molecule has 0 aliphatic rings. The minimum absolute atomic E-state index is 0.574. The highest BCUT2D eigenvalue weighted by atomic mass is 32.2. The van der Waals surface area contributed by atoms with Crippen LogP contribution in [0.4, 0.5) is 0 Å². The fourth-order valence-electron chi connectivity index (χ4n) is 0.191. The van der Waals surface area contributed by atoms with Gasteiger partial charge < -0.3 is 4.79 Å². The van der Waals surface area contributed by atoms with Gasteiger partial charge in [0, 0.05) is 0 Å². The van der Waals surface area contributed by atoms with Gasteiger partial charge in [-0.1, -0.05) is 6.08 Å². The molecule has 0 spiro atoms. The Morgan fingerprint density at radius 1 is 1.71 bits per heavy atom. The third kappa shape index (κ3) is 5.76. The standard InChI is InChI=1S/C5H8OS/c1-2-4-7-5-3-6/h2-4H,5H2,1H3/b4-2+. The van der Waals surface area contributed by atoms with E-state index in [-0.39, 0.29) is 0 Å². The van der Waals surface area contributed by atoms with Gasteiger partial charge in [-0.3, -0.25) is 0 Å². The van der Waals surface area contributed by atoms with Crippen LogP contribution in [0, 0.1) is 0 Å². The van der Waals surface area contributed by atoms with Crippen molar-refractivity contribution in [2.24, 2.45) is 0 Å². The molecule has 0 heterocycles. The van der Waals surface area contributed by atoms with Crippen LogP contribution < -0.4 is 0 Å². The molecular formula is C5H8OS. The van der Waals surface area contributed by atoms with Gasteiger partial charge in [-0.05, 0) is 12.3 Å². The fourth-order valence-corrected chi connectivity index (χ4v) is 0.573. The van der Waals surface area contributed by atoms with Gasteiger partial charge >= 0.3 is 0 Å². The van der Waals surface area contributed by atoms with Crippen LogP contribution in [0.5, 0.6) is 0 Å². The van der Waals surface area contributed by atoms with E-state index in [2.05, 4.69) is 0 Å². The van der Waals surface area contributed by atoms with Crippen molar-refractivity contribution in [1.29, 1.82) is 0 Å². The lowest BCUT2D eigenvalue weighted by atomic mass is 10.8. The zero-order valence-electron chi connectivity index (χ0n) is 4.26. The molecule has 0 atom stereocenters. The number of hydrogen-bond donors (Lipinski definition) is 0. The zero-order valence-corrected chi connectivity index (χ0v) is 5.07. The molecule has 1 nitrogen and oxygen atoms in total. The molecule has 0 aliphatic carbocycles. The molecule has 0 aromatic heterocycles. The number of thioether (sulfide) groups is 1. The molecule has 2 heteroatoms. The maximum absolute atomic E-state index is 9.62. The van der Waals surface area contributed by atoms with Crippen LogP contribution in [0.2, 0.25) is 0 Å². The van der Waals surface area contributed by atoms with Crippen LogP contribution in [0.3, 0.4) is 0 Å². The summed E-state index contributed by atoms with van der Waals surface area (Å²) in [4.78, 5) is 9.62. The van der Waals surface area contributed by atoms with Gasteiger partial charge in [-0.25, -0.2) is 0 Å². The highest BCUT2D eigenvalue weighted by molar-refractivity contribution is 8.02. The monoisotopic (exact) mass is 116 g/mol. The van der Waals surface area contributed by atoms with Crippen LogP contribution >= 0.6 is 11.8 Å². The van der Waals surface area contributed by atoms with Crippen LogP contribution in [0.1, 0.15) is 6.92 Å². The van der Waals surface area contributed by atoms with Crippen molar-refractivity contribution >= 4 is 18.0 Å². The minimum atomic E-state index is 0.574. The number of carbonyl (C=O) groups excluding carboxylic acids is 1. The molecule has 0 bridgehead atoms. The highest BCUT2D eigenvalue weighted by Crippen LogP contribution is 1.96. The molecule has 0 radical (unpaired) electrons. The van der Waals surface area contributed by atoms with Gasteiger partial charge in [0.15, 0.2) is 0 Å². The molecule has 0 saturated carbocycles. The Bertz CT molecular complexity index is 68.5. The summed E-state index contributed by atoms with van der Waals surface area (Å²) in [5.74, 6) is 0.574. The summed E-state index contributed by atoms with van der Waals surface area (Å²) in [5, 5.41) is 1.90. The Labute approximate surface area is 47.8 Å². The zero-order chi connectivity index (χ0) is 5.54. The molecule has 0 aliphatic heterocycles. The molecule has 0 aromatic rings. The van der Waals surface area contributed by atoms with Crippen molar-refractivity contribution < 1.29 is 4.79 Å². The van der Waals surface area contributed by atoms with Crippen molar-refractivity contribution in [3.8, 4) is 0 Å². The van der Waals surface area contributed by atoms with Crippen molar-refractivity contribution in [2.45, 2.75) is 6.92 Å². The largest absolute Gasteiger partial charge is 0.302 e. The van der Waals surface area contributed by atoms with Crippen molar-refractivity contribution in [2.75, 3.05) is 5.75 Å². The van der Waals surface area contributed by atoms with Crippen LogP contribution in [-0.4, -0.2) is 12.0 Å².